The van der Waals surface area contributed by atoms with E-state index in [-0.39, 0.29) is 12.5 Å². The number of methoxy groups -OCH3 is 1. The van der Waals surface area contributed by atoms with Crippen LogP contribution in [0.25, 0.3) is 0 Å². The van der Waals surface area contributed by atoms with Crippen molar-refractivity contribution in [3.63, 3.8) is 0 Å². The number of hydrogen-bond donors (Lipinski definition) is 1. The zero-order chi connectivity index (χ0) is 16.1. The molecule has 1 amide bonds. The number of rotatable bonds is 5. The van der Waals surface area contributed by atoms with Crippen LogP contribution in [0.15, 0.2) is 38.6 Å². The molecule has 5 nitrogen and oxygen atoms in total. The summed E-state index contributed by atoms with van der Waals surface area (Å²) in [4.78, 5) is 23.8. The van der Waals surface area contributed by atoms with E-state index in [1.807, 2.05) is 18.2 Å². The highest BCUT2D eigenvalue weighted by Gasteiger charge is 2.16. The van der Waals surface area contributed by atoms with E-state index in [1.165, 1.54) is 18.4 Å². The molecule has 0 saturated carbocycles. The number of anilines is 1. The van der Waals surface area contributed by atoms with Gasteiger partial charge in [-0.25, -0.2) is 4.79 Å². The first-order valence-corrected chi connectivity index (χ1v) is 8.52. The number of thiophene rings is 1. The summed E-state index contributed by atoms with van der Waals surface area (Å²) in [7, 11) is 1.29. The number of para-hydroxylation sites is 1. The molecule has 1 aromatic carbocycles. The molecule has 0 bridgehead atoms. The van der Waals surface area contributed by atoms with Crippen molar-refractivity contribution >= 4 is 60.8 Å². The Hall–Kier alpha value is -1.38. The molecule has 1 heterocycles. The summed E-state index contributed by atoms with van der Waals surface area (Å²) < 4.78 is 11.6. The van der Waals surface area contributed by atoms with Gasteiger partial charge in [-0.05, 0) is 55.4 Å². The number of carbonyl (C=O) groups is 2. The molecular weight excluding hydrogens is 438 g/mol. The van der Waals surface area contributed by atoms with Gasteiger partial charge in [0.15, 0.2) is 6.61 Å². The lowest BCUT2D eigenvalue weighted by Crippen LogP contribution is -2.21. The van der Waals surface area contributed by atoms with E-state index in [9.17, 15) is 9.59 Å². The zero-order valence-electron chi connectivity index (χ0n) is 11.4. The maximum absolute atomic E-state index is 12.0. The molecule has 0 spiro atoms. The molecule has 0 saturated heterocycles. The van der Waals surface area contributed by atoms with Gasteiger partial charge in [0.1, 0.15) is 10.6 Å². The molecule has 0 aliphatic rings. The van der Waals surface area contributed by atoms with Gasteiger partial charge in [0.2, 0.25) is 0 Å². The molecule has 1 N–H and O–H groups in total. The summed E-state index contributed by atoms with van der Waals surface area (Å²) >= 11 is 7.90. The maximum atomic E-state index is 12.0. The number of carbonyl (C=O) groups excluding carboxylic acids is 2. The number of amides is 1. The SMILES string of the molecule is COC(=O)c1sccc1NC(=O)COc1c(Br)cccc1Br. The van der Waals surface area contributed by atoms with Crippen LogP contribution in [0.4, 0.5) is 5.69 Å². The Labute approximate surface area is 147 Å². The third kappa shape index (κ3) is 4.08. The second-order valence-corrected chi connectivity index (χ2v) is 6.67. The van der Waals surface area contributed by atoms with Crippen molar-refractivity contribution < 1.29 is 19.1 Å². The van der Waals surface area contributed by atoms with Crippen LogP contribution in [0.3, 0.4) is 0 Å². The number of nitrogens with one attached hydrogen (secondary N) is 1. The molecule has 8 heteroatoms. The summed E-state index contributed by atoms with van der Waals surface area (Å²) in [6.07, 6.45) is 0. The lowest BCUT2D eigenvalue weighted by Gasteiger charge is -2.10. The average Bonchev–Trinajstić information content (AvgIpc) is 2.94. The van der Waals surface area contributed by atoms with Crippen LogP contribution in [0.2, 0.25) is 0 Å². The molecule has 0 radical (unpaired) electrons. The second kappa shape index (κ2) is 7.75. The molecule has 0 aliphatic heterocycles. The van der Waals surface area contributed by atoms with Crippen molar-refractivity contribution in [3.05, 3.63) is 43.5 Å². The Balaban J connectivity index is 2.00. The molecule has 0 aliphatic carbocycles. The Morgan fingerprint density at radius 2 is 1.91 bits per heavy atom. The summed E-state index contributed by atoms with van der Waals surface area (Å²) in [5.41, 5.74) is 0.414. The predicted molar refractivity (Wildman–Crippen MR) is 91.6 cm³/mol. The maximum Gasteiger partial charge on any atom is 0.350 e. The first-order valence-electron chi connectivity index (χ1n) is 6.05. The van der Waals surface area contributed by atoms with E-state index in [1.54, 1.807) is 11.4 Å². The molecule has 0 fully saturated rings. The summed E-state index contributed by atoms with van der Waals surface area (Å²) in [6.45, 7) is -0.183. The van der Waals surface area contributed by atoms with Gasteiger partial charge < -0.3 is 14.8 Å². The van der Waals surface area contributed by atoms with Gasteiger partial charge in [0.05, 0.1) is 21.7 Å². The van der Waals surface area contributed by atoms with Gasteiger partial charge >= 0.3 is 5.97 Å². The van der Waals surface area contributed by atoms with Crippen molar-refractivity contribution in [2.75, 3.05) is 19.0 Å². The number of ether oxygens (including phenoxy) is 2. The molecule has 2 aromatic rings. The van der Waals surface area contributed by atoms with E-state index in [0.717, 1.165) is 8.95 Å². The van der Waals surface area contributed by atoms with Crippen LogP contribution < -0.4 is 10.1 Å². The standard InChI is InChI=1S/C14H11Br2NO4S/c1-20-14(19)13-10(5-6-22-13)17-11(18)7-21-12-8(15)3-2-4-9(12)16/h2-6H,7H2,1H3,(H,17,18). The lowest BCUT2D eigenvalue weighted by atomic mass is 10.3. The molecule has 22 heavy (non-hydrogen) atoms. The van der Waals surface area contributed by atoms with E-state index >= 15 is 0 Å². The fourth-order valence-corrected chi connectivity index (χ4v) is 3.60. The largest absolute Gasteiger partial charge is 0.481 e. The smallest absolute Gasteiger partial charge is 0.350 e. The second-order valence-electron chi connectivity index (χ2n) is 4.04. The highest BCUT2D eigenvalue weighted by Crippen LogP contribution is 2.33. The Morgan fingerprint density at radius 1 is 1.23 bits per heavy atom. The van der Waals surface area contributed by atoms with Gasteiger partial charge in [-0.15, -0.1) is 11.3 Å². The fourth-order valence-electron chi connectivity index (χ4n) is 1.60. The first kappa shape index (κ1) is 17.0. The summed E-state index contributed by atoms with van der Waals surface area (Å²) in [6, 6.07) is 7.11. The number of benzene rings is 1. The highest BCUT2D eigenvalue weighted by atomic mass is 79.9. The van der Waals surface area contributed by atoms with Gasteiger partial charge in [0.25, 0.3) is 5.91 Å². The third-order valence-corrected chi connectivity index (χ3v) is 4.72. The van der Waals surface area contributed by atoms with Crippen LogP contribution in [-0.2, 0) is 9.53 Å². The highest BCUT2D eigenvalue weighted by molar-refractivity contribution is 9.11. The van der Waals surface area contributed by atoms with Crippen molar-refractivity contribution in [1.29, 1.82) is 0 Å². The Kier molecular flexibility index (Phi) is 5.98. The van der Waals surface area contributed by atoms with E-state index < -0.39 is 5.97 Å². The normalized spacial score (nSPS) is 10.1. The van der Waals surface area contributed by atoms with Crippen LogP contribution in [0.5, 0.6) is 5.75 Å². The Bertz CT molecular complexity index is 682. The van der Waals surface area contributed by atoms with Crippen LogP contribution in [0, 0.1) is 0 Å². The fraction of sp³-hybridized carbons (Fsp3) is 0.143. The minimum absolute atomic E-state index is 0.183. The van der Waals surface area contributed by atoms with Crippen molar-refractivity contribution in [3.8, 4) is 5.75 Å². The van der Waals surface area contributed by atoms with Crippen molar-refractivity contribution in [1.82, 2.24) is 0 Å². The molecule has 2 rings (SSSR count). The van der Waals surface area contributed by atoms with Gasteiger partial charge in [-0.2, -0.15) is 0 Å². The monoisotopic (exact) mass is 447 g/mol. The topological polar surface area (TPSA) is 64.6 Å². The number of hydrogen-bond acceptors (Lipinski definition) is 5. The van der Waals surface area contributed by atoms with Gasteiger partial charge in [0, 0.05) is 0 Å². The molecular formula is C14H11Br2NO4S. The summed E-state index contributed by atoms with van der Waals surface area (Å²) in [5, 5.41) is 4.33. The molecule has 1 aromatic heterocycles. The quantitative estimate of drug-likeness (QED) is 0.700. The van der Waals surface area contributed by atoms with Crippen molar-refractivity contribution in [2.24, 2.45) is 0 Å². The van der Waals surface area contributed by atoms with E-state index in [2.05, 4.69) is 41.9 Å². The number of halogens is 2. The Morgan fingerprint density at radius 3 is 2.55 bits per heavy atom. The minimum Gasteiger partial charge on any atom is -0.481 e. The lowest BCUT2D eigenvalue weighted by molar-refractivity contribution is -0.118. The third-order valence-electron chi connectivity index (χ3n) is 2.58. The van der Waals surface area contributed by atoms with Crippen molar-refractivity contribution in [2.45, 2.75) is 0 Å². The van der Waals surface area contributed by atoms with Crippen LogP contribution in [-0.4, -0.2) is 25.6 Å². The van der Waals surface area contributed by atoms with Gasteiger partial charge in [-0.1, -0.05) is 6.07 Å². The predicted octanol–water partition coefficient (Wildman–Crippen LogP) is 4.08. The average molecular weight is 449 g/mol. The van der Waals surface area contributed by atoms with E-state index in [4.69, 9.17) is 4.74 Å². The zero-order valence-corrected chi connectivity index (χ0v) is 15.4. The van der Waals surface area contributed by atoms with Crippen LogP contribution >= 0.6 is 43.2 Å². The molecule has 116 valence electrons. The van der Waals surface area contributed by atoms with E-state index in [0.29, 0.717) is 16.3 Å². The van der Waals surface area contributed by atoms with Gasteiger partial charge in [-0.3, -0.25) is 4.79 Å². The minimum atomic E-state index is -0.486. The molecule has 0 unspecified atom stereocenters. The van der Waals surface area contributed by atoms with Crippen LogP contribution in [0.1, 0.15) is 9.67 Å². The molecule has 0 atom stereocenters. The summed E-state index contributed by atoms with van der Waals surface area (Å²) in [5.74, 6) is -0.317. The number of esters is 1. The first-order chi connectivity index (χ1) is 10.5.